The van der Waals surface area contributed by atoms with Crippen molar-refractivity contribution in [3.63, 3.8) is 0 Å². The maximum absolute atomic E-state index is 14.4. The van der Waals surface area contributed by atoms with E-state index in [2.05, 4.69) is 29.2 Å². The highest BCUT2D eigenvalue weighted by atomic mass is 19.1. The number of allylic oxidation sites excluding steroid dienone is 2. The van der Waals surface area contributed by atoms with Crippen molar-refractivity contribution in [3.05, 3.63) is 71.0 Å². The number of nitrogens with zero attached hydrogens (tertiary/aromatic N) is 2. The molecule has 3 aliphatic rings. The van der Waals surface area contributed by atoms with Crippen LogP contribution in [0.4, 0.5) is 10.1 Å². The maximum atomic E-state index is 14.4. The van der Waals surface area contributed by atoms with Crippen LogP contribution < -0.4 is 4.90 Å². The van der Waals surface area contributed by atoms with Crippen LogP contribution in [0.2, 0.25) is 0 Å². The number of amides is 1. The number of likely N-dealkylation sites (tertiary alicyclic amines) is 1. The molecule has 3 atom stereocenters. The summed E-state index contributed by atoms with van der Waals surface area (Å²) in [5.74, 6) is -0.627. The lowest BCUT2D eigenvalue weighted by Crippen LogP contribution is -2.48. The van der Waals surface area contributed by atoms with Gasteiger partial charge in [-0.25, -0.2) is 4.39 Å². The first kappa shape index (κ1) is 20.3. The summed E-state index contributed by atoms with van der Waals surface area (Å²) in [5, 5.41) is 10.2. The average molecular weight is 421 g/mol. The van der Waals surface area contributed by atoms with Gasteiger partial charge in [0.1, 0.15) is 5.82 Å². The lowest BCUT2D eigenvalue weighted by atomic mass is 9.80. The van der Waals surface area contributed by atoms with Crippen molar-refractivity contribution >= 4 is 17.2 Å². The lowest BCUT2D eigenvalue weighted by molar-refractivity contribution is 0.0689. The standard InChI is InChI=1S/C26H29FN2O2/c1-28-23-12-11-18(17-7-3-2-4-8-17)15-21(23)25-20(24(28)16-30)13-14-29(25)26(31)19-9-5-6-10-22(19)27/h5-7,9-12,15,20,24-25,30H,2-4,8,13-14,16H2,1H3/t20-,24-,25-/m0/s1. The molecule has 4 nitrogen and oxygen atoms in total. The molecule has 1 saturated heterocycles. The van der Waals surface area contributed by atoms with Crippen LogP contribution in [0.3, 0.4) is 0 Å². The van der Waals surface area contributed by atoms with E-state index in [4.69, 9.17) is 0 Å². The van der Waals surface area contributed by atoms with E-state index in [1.165, 1.54) is 30.0 Å². The summed E-state index contributed by atoms with van der Waals surface area (Å²) in [4.78, 5) is 17.4. The zero-order chi connectivity index (χ0) is 21.5. The summed E-state index contributed by atoms with van der Waals surface area (Å²) in [7, 11) is 2.02. The van der Waals surface area contributed by atoms with E-state index in [1.807, 2.05) is 11.9 Å². The van der Waals surface area contributed by atoms with Gasteiger partial charge in [0.05, 0.1) is 24.3 Å². The minimum atomic E-state index is -0.482. The highest BCUT2D eigenvalue weighted by Crippen LogP contribution is 2.49. The topological polar surface area (TPSA) is 43.8 Å². The Morgan fingerprint density at radius 1 is 1.19 bits per heavy atom. The Hall–Kier alpha value is -2.66. The van der Waals surface area contributed by atoms with E-state index in [0.717, 1.165) is 30.5 Å². The second kappa shape index (κ2) is 8.12. The number of aliphatic hydroxyl groups excluding tert-OH is 1. The van der Waals surface area contributed by atoms with Crippen molar-refractivity contribution in [2.75, 3.05) is 25.1 Å². The number of anilines is 1. The monoisotopic (exact) mass is 420 g/mol. The predicted octanol–water partition coefficient (Wildman–Crippen LogP) is 4.80. The van der Waals surface area contributed by atoms with Crippen LogP contribution in [0.15, 0.2) is 48.5 Å². The fourth-order valence-corrected chi connectivity index (χ4v) is 5.77. The number of aliphatic hydroxyl groups is 1. The molecule has 1 amide bonds. The van der Waals surface area contributed by atoms with Gasteiger partial charge in [0.15, 0.2) is 0 Å². The van der Waals surface area contributed by atoms with Gasteiger partial charge in [0, 0.05) is 25.2 Å². The summed E-state index contributed by atoms with van der Waals surface area (Å²) in [5.41, 5.74) is 4.88. The highest BCUT2D eigenvalue weighted by molar-refractivity contribution is 5.95. The first-order chi connectivity index (χ1) is 15.1. The fraction of sp³-hybridized carbons (Fsp3) is 0.423. The molecule has 0 spiro atoms. The van der Waals surface area contributed by atoms with Crippen molar-refractivity contribution in [3.8, 4) is 0 Å². The number of hydrogen-bond donors (Lipinski definition) is 1. The summed E-state index contributed by atoms with van der Waals surface area (Å²) < 4.78 is 14.4. The van der Waals surface area contributed by atoms with Gasteiger partial charge >= 0.3 is 0 Å². The third-order valence-corrected chi connectivity index (χ3v) is 7.38. The van der Waals surface area contributed by atoms with E-state index in [1.54, 1.807) is 18.2 Å². The second-order valence-electron chi connectivity index (χ2n) is 8.99. The minimum Gasteiger partial charge on any atom is -0.394 e. The number of fused-ring (bicyclic) bond motifs is 3. The van der Waals surface area contributed by atoms with Crippen molar-refractivity contribution in [1.29, 1.82) is 0 Å². The van der Waals surface area contributed by atoms with Gasteiger partial charge in [0.2, 0.25) is 0 Å². The SMILES string of the molecule is CN1c2ccc(C3=CCCCC3)cc2[C@@H]2[C@@H](CCN2C(=O)c2ccccc2F)[C@@H]1CO. The molecule has 1 aliphatic carbocycles. The Morgan fingerprint density at radius 3 is 2.77 bits per heavy atom. The molecule has 0 unspecified atom stereocenters. The van der Waals surface area contributed by atoms with Crippen LogP contribution in [0, 0.1) is 11.7 Å². The molecular weight excluding hydrogens is 391 g/mol. The maximum Gasteiger partial charge on any atom is 0.257 e. The van der Waals surface area contributed by atoms with Crippen molar-refractivity contribution in [1.82, 2.24) is 4.90 Å². The van der Waals surface area contributed by atoms with Gasteiger partial charge in [0.25, 0.3) is 5.91 Å². The number of carbonyl (C=O) groups is 1. The molecular formula is C26H29FN2O2. The van der Waals surface area contributed by atoms with Crippen LogP contribution in [-0.2, 0) is 0 Å². The summed E-state index contributed by atoms with van der Waals surface area (Å²) in [6, 6.07) is 12.5. The number of benzene rings is 2. The Labute approximate surface area is 183 Å². The van der Waals surface area contributed by atoms with E-state index >= 15 is 0 Å². The number of halogens is 1. The molecule has 1 fully saturated rings. The minimum absolute atomic E-state index is 0.0335. The van der Waals surface area contributed by atoms with Crippen LogP contribution in [0.5, 0.6) is 0 Å². The highest BCUT2D eigenvalue weighted by Gasteiger charge is 2.48. The van der Waals surface area contributed by atoms with Crippen LogP contribution >= 0.6 is 0 Å². The van der Waals surface area contributed by atoms with Crippen molar-refractivity contribution in [2.45, 2.75) is 44.2 Å². The van der Waals surface area contributed by atoms with Gasteiger partial charge in [-0.2, -0.15) is 0 Å². The zero-order valence-corrected chi connectivity index (χ0v) is 17.9. The molecule has 5 rings (SSSR count). The Bertz CT molecular complexity index is 1030. The van der Waals surface area contributed by atoms with Crippen molar-refractivity contribution in [2.24, 2.45) is 5.92 Å². The smallest absolute Gasteiger partial charge is 0.257 e. The van der Waals surface area contributed by atoms with E-state index < -0.39 is 5.82 Å². The van der Waals surface area contributed by atoms with Gasteiger partial charge in [-0.1, -0.05) is 24.3 Å². The average Bonchev–Trinajstić information content (AvgIpc) is 3.25. The third-order valence-electron chi connectivity index (χ3n) is 7.38. The Morgan fingerprint density at radius 2 is 2.03 bits per heavy atom. The van der Waals surface area contributed by atoms with Crippen LogP contribution in [0.1, 0.15) is 59.6 Å². The van der Waals surface area contributed by atoms with Gasteiger partial charge in [-0.3, -0.25) is 4.79 Å². The predicted molar refractivity (Wildman–Crippen MR) is 120 cm³/mol. The second-order valence-corrected chi connectivity index (χ2v) is 8.99. The van der Waals surface area contributed by atoms with Crippen molar-refractivity contribution < 1.29 is 14.3 Å². The van der Waals surface area contributed by atoms with Gasteiger partial charge in [-0.15, -0.1) is 0 Å². The van der Waals surface area contributed by atoms with E-state index in [-0.39, 0.29) is 36.1 Å². The van der Waals surface area contributed by atoms with Gasteiger partial charge < -0.3 is 14.9 Å². The molecule has 0 radical (unpaired) electrons. The molecule has 31 heavy (non-hydrogen) atoms. The molecule has 5 heteroatoms. The quantitative estimate of drug-likeness (QED) is 0.776. The normalized spacial score (nSPS) is 25.1. The first-order valence-corrected chi connectivity index (χ1v) is 11.3. The fourth-order valence-electron chi connectivity index (χ4n) is 5.77. The van der Waals surface area contributed by atoms with Gasteiger partial charge in [-0.05, 0) is 73.1 Å². The molecule has 162 valence electrons. The third kappa shape index (κ3) is 3.35. The van der Waals surface area contributed by atoms with E-state index in [9.17, 15) is 14.3 Å². The van der Waals surface area contributed by atoms with Crippen LogP contribution in [0.25, 0.3) is 5.57 Å². The Kier molecular flexibility index (Phi) is 5.30. The molecule has 0 aromatic heterocycles. The molecule has 2 aromatic rings. The number of hydrogen-bond acceptors (Lipinski definition) is 3. The molecule has 0 bridgehead atoms. The largest absolute Gasteiger partial charge is 0.394 e. The molecule has 0 saturated carbocycles. The van der Waals surface area contributed by atoms with E-state index in [0.29, 0.717) is 6.54 Å². The van der Waals surface area contributed by atoms with Crippen LogP contribution in [-0.4, -0.2) is 42.2 Å². The first-order valence-electron chi connectivity index (χ1n) is 11.3. The molecule has 1 N–H and O–H groups in total. The molecule has 2 heterocycles. The number of likely N-dealkylation sites (N-methyl/N-ethyl adjacent to an activating group) is 1. The Balaban J connectivity index is 1.59. The summed E-state index contributed by atoms with van der Waals surface area (Å²) in [6.45, 7) is 0.602. The summed E-state index contributed by atoms with van der Waals surface area (Å²) >= 11 is 0. The molecule has 2 aliphatic heterocycles. The zero-order valence-electron chi connectivity index (χ0n) is 17.9. The lowest BCUT2D eigenvalue weighted by Gasteiger charge is -2.44. The molecule has 2 aromatic carbocycles. The summed E-state index contributed by atoms with van der Waals surface area (Å²) in [6.07, 6.45) is 7.78. The number of rotatable bonds is 3. The number of carbonyl (C=O) groups excluding carboxylic acids is 1.